The van der Waals surface area contributed by atoms with Crippen LogP contribution in [0.25, 0.3) is 10.9 Å². The minimum absolute atomic E-state index is 0.271. The third-order valence-corrected chi connectivity index (χ3v) is 3.08. The maximum absolute atomic E-state index is 12.8. The Kier molecular flexibility index (Phi) is 3.13. The predicted molar refractivity (Wildman–Crippen MR) is 74.0 cm³/mol. The molecule has 1 aromatic heterocycles. The fourth-order valence-electron chi connectivity index (χ4n) is 1.93. The number of benzene rings is 2. The lowest BCUT2D eigenvalue weighted by Gasteiger charge is -2.03. The van der Waals surface area contributed by atoms with E-state index in [1.807, 2.05) is 24.3 Å². The van der Waals surface area contributed by atoms with E-state index in [9.17, 15) is 4.39 Å². The molecule has 96 valence electrons. The first-order chi connectivity index (χ1) is 9.20. The first-order valence-electron chi connectivity index (χ1n) is 5.86. The van der Waals surface area contributed by atoms with Crippen molar-refractivity contribution in [2.45, 2.75) is 6.61 Å². The fourth-order valence-corrected chi connectivity index (χ4v) is 2.10. The number of H-pyrrole nitrogens is 1. The van der Waals surface area contributed by atoms with Crippen LogP contribution in [-0.4, -0.2) is 4.98 Å². The fraction of sp³-hybridized carbons (Fsp3) is 0.0667. The van der Waals surface area contributed by atoms with Crippen molar-refractivity contribution in [3.63, 3.8) is 0 Å². The summed E-state index contributed by atoms with van der Waals surface area (Å²) in [5.74, 6) is 0.366. The highest BCUT2D eigenvalue weighted by molar-refractivity contribution is 6.31. The van der Waals surface area contributed by atoms with Crippen molar-refractivity contribution in [1.29, 1.82) is 0 Å². The lowest BCUT2D eigenvalue weighted by atomic mass is 10.2. The number of halogens is 2. The van der Waals surface area contributed by atoms with E-state index in [0.29, 0.717) is 17.4 Å². The molecule has 2 nitrogen and oxygen atoms in total. The summed E-state index contributed by atoms with van der Waals surface area (Å²) in [6, 6.07) is 13.6. The van der Waals surface area contributed by atoms with Crippen LogP contribution in [0.1, 0.15) is 5.69 Å². The Bertz CT molecular complexity index is 706. The van der Waals surface area contributed by atoms with Gasteiger partial charge in [-0.05, 0) is 47.9 Å². The molecular weight excluding hydrogens is 265 g/mol. The third kappa shape index (κ3) is 2.71. The van der Waals surface area contributed by atoms with Crippen LogP contribution >= 0.6 is 11.6 Å². The topological polar surface area (TPSA) is 25.0 Å². The van der Waals surface area contributed by atoms with Gasteiger partial charge in [-0.1, -0.05) is 17.7 Å². The molecule has 0 fully saturated rings. The van der Waals surface area contributed by atoms with Crippen molar-refractivity contribution >= 4 is 22.5 Å². The normalized spacial score (nSPS) is 10.8. The van der Waals surface area contributed by atoms with E-state index in [4.69, 9.17) is 16.3 Å². The molecule has 0 saturated heterocycles. The van der Waals surface area contributed by atoms with Gasteiger partial charge < -0.3 is 9.72 Å². The van der Waals surface area contributed by atoms with Crippen LogP contribution in [0.15, 0.2) is 48.5 Å². The number of fused-ring (bicyclic) bond motifs is 1. The quantitative estimate of drug-likeness (QED) is 0.746. The number of hydrogen-bond acceptors (Lipinski definition) is 1. The Balaban J connectivity index is 1.76. The standard InChI is InChI=1S/C15H11ClFNO/c16-11-2-1-10-7-13(18-15(10)8-11)9-19-14-5-3-12(17)4-6-14/h1-8,18H,9H2. The van der Waals surface area contributed by atoms with Crippen LogP contribution in [0.2, 0.25) is 5.02 Å². The Morgan fingerprint density at radius 1 is 1.05 bits per heavy atom. The smallest absolute Gasteiger partial charge is 0.128 e. The predicted octanol–water partition coefficient (Wildman–Crippen LogP) is 4.54. The minimum Gasteiger partial charge on any atom is -0.487 e. The average molecular weight is 276 g/mol. The number of aromatic nitrogens is 1. The van der Waals surface area contributed by atoms with Gasteiger partial charge in [0, 0.05) is 10.5 Å². The van der Waals surface area contributed by atoms with Crippen molar-refractivity contribution in [1.82, 2.24) is 4.98 Å². The van der Waals surface area contributed by atoms with Gasteiger partial charge >= 0.3 is 0 Å². The molecule has 0 unspecified atom stereocenters. The van der Waals surface area contributed by atoms with Crippen LogP contribution in [0.4, 0.5) is 4.39 Å². The first-order valence-corrected chi connectivity index (χ1v) is 6.24. The average Bonchev–Trinajstić information content (AvgIpc) is 2.80. The zero-order chi connectivity index (χ0) is 13.2. The molecule has 0 aliphatic carbocycles. The molecule has 0 radical (unpaired) electrons. The van der Waals surface area contributed by atoms with Gasteiger partial charge in [-0.2, -0.15) is 0 Å². The van der Waals surface area contributed by atoms with E-state index < -0.39 is 0 Å². The molecule has 4 heteroatoms. The Hall–Kier alpha value is -2.00. The van der Waals surface area contributed by atoms with Gasteiger partial charge in [0.1, 0.15) is 18.2 Å². The van der Waals surface area contributed by atoms with Crippen LogP contribution in [0.5, 0.6) is 5.75 Å². The Morgan fingerprint density at radius 2 is 1.84 bits per heavy atom. The molecule has 3 aromatic rings. The van der Waals surface area contributed by atoms with Gasteiger partial charge in [-0.3, -0.25) is 0 Å². The number of ether oxygens (including phenoxy) is 1. The van der Waals surface area contributed by atoms with Crippen LogP contribution in [-0.2, 0) is 6.61 Å². The van der Waals surface area contributed by atoms with E-state index in [0.717, 1.165) is 16.6 Å². The highest BCUT2D eigenvalue weighted by Gasteiger charge is 2.02. The van der Waals surface area contributed by atoms with Gasteiger partial charge in [0.25, 0.3) is 0 Å². The minimum atomic E-state index is -0.271. The van der Waals surface area contributed by atoms with Gasteiger partial charge in [-0.15, -0.1) is 0 Å². The highest BCUT2D eigenvalue weighted by Crippen LogP contribution is 2.21. The summed E-state index contributed by atoms with van der Waals surface area (Å²) in [6.07, 6.45) is 0. The van der Waals surface area contributed by atoms with Crippen molar-refractivity contribution in [2.75, 3.05) is 0 Å². The third-order valence-electron chi connectivity index (χ3n) is 2.85. The lowest BCUT2D eigenvalue weighted by molar-refractivity contribution is 0.302. The van der Waals surface area contributed by atoms with Gasteiger partial charge in [0.2, 0.25) is 0 Å². The SMILES string of the molecule is Fc1ccc(OCc2cc3ccc(Cl)cc3[nH]2)cc1. The van der Waals surface area contributed by atoms with Crippen molar-refractivity contribution in [3.8, 4) is 5.75 Å². The van der Waals surface area contributed by atoms with Crippen molar-refractivity contribution < 1.29 is 9.13 Å². The van der Waals surface area contributed by atoms with E-state index in [1.165, 1.54) is 12.1 Å². The van der Waals surface area contributed by atoms with Gasteiger partial charge in [0.05, 0.1) is 5.69 Å². The molecule has 0 spiro atoms. The second kappa shape index (κ2) is 4.94. The van der Waals surface area contributed by atoms with Crippen LogP contribution < -0.4 is 4.74 Å². The van der Waals surface area contributed by atoms with Crippen molar-refractivity contribution in [3.05, 3.63) is 65.1 Å². The van der Waals surface area contributed by atoms with Crippen molar-refractivity contribution in [2.24, 2.45) is 0 Å². The van der Waals surface area contributed by atoms with Gasteiger partial charge in [-0.25, -0.2) is 4.39 Å². The largest absolute Gasteiger partial charge is 0.487 e. The highest BCUT2D eigenvalue weighted by atomic mass is 35.5. The number of rotatable bonds is 3. The van der Waals surface area contributed by atoms with Crippen LogP contribution in [0.3, 0.4) is 0 Å². The summed E-state index contributed by atoms with van der Waals surface area (Å²) in [6.45, 7) is 0.401. The Labute approximate surface area is 114 Å². The van der Waals surface area contributed by atoms with E-state index >= 15 is 0 Å². The molecule has 0 aliphatic rings. The summed E-state index contributed by atoms with van der Waals surface area (Å²) < 4.78 is 18.3. The second-order valence-electron chi connectivity index (χ2n) is 4.27. The Morgan fingerprint density at radius 3 is 2.63 bits per heavy atom. The zero-order valence-electron chi connectivity index (χ0n) is 9.99. The second-order valence-corrected chi connectivity index (χ2v) is 4.71. The summed E-state index contributed by atoms with van der Waals surface area (Å²) in [5, 5.41) is 1.78. The maximum atomic E-state index is 12.8. The summed E-state index contributed by atoms with van der Waals surface area (Å²) >= 11 is 5.93. The monoisotopic (exact) mass is 275 g/mol. The summed E-state index contributed by atoms with van der Waals surface area (Å²) in [4.78, 5) is 3.23. The van der Waals surface area contributed by atoms with Crippen LogP contribution in [0, 0.1) is 5.82 Å². The summed E-state index contributed by atoms with van der Waals surface area (Å²) in [7, 11) is 0. The lowest BCUT2D eigenvalue weighted by Crippen LogP contribution is -1.95. The molecule has 1 N–H and O–H groups in total. The zero-order valence-corrected chi connectivity index (χ0v) is 10.7. The molecule has 0 saturated carbocycles. The molecule has 0 atom stereocenters. The number of hydrogen-bond donors (Lipinski definition) is 1. The number of nitrogens with one attached hydrogen (secondary N) is 1. The number of aromatic amines is 1. The molecule has 1 heterocycles. The van der Waals surface area contributed by atoms with E-state index in [2.05, 4.69) is 4.98 Å². The summed E-state index contributed by atoms with van der Waals surface area (Å²) in [5.41, 5.74) is 1.92. The van der Waals surface area contributed by atoms with E-state index in [-0.39, 0.29) is 5.82 Å². The van der Waals surface area contributed by atoms with E-state index in [1.54, 1.807) is 12.1 Å². The van der Waals surface area contributed by atoms with Gasteiger partial charge in [0.15, 0.2) is 0 Å². The maximum Gasteiger partial charge on any atom is 0.128 e. The molecule has 0 aliphatic heterocycles. The molecular formula is C15H11ClFNO. The molecule has 19 heavy (non-hydrogen) atoms. The molecule has 0 amide bonds. The first kappa shape index (κ1) is 12.1. The molecule has 2 aromatic carbocycles. The molecule has 3 rings (SSSR count). The molecule has 0 bridgehead atoms.